The second-order valence-corrected chi connectivity index (χ2v) is 8.70. The van der Waals surface area contributed by atoms with Crippen molar-refractivity contribution in [2.45, 2.75) is 6.04 Å². The van der Waals surface area contributed by atoms with Crippen LogP contribution in [-0.4, -0.2) is 41.6 Å². The molecule has 0 radical (unpaired) electrons. The Bertz CT molecular complexity index is 1160. The predicted molar refractivity (Wildman–Crippen MR) is 119 cm³/mol. The number of thiophene rings is 2. The average molecular weight is 422 g/mol. The van der Waals surface area contributed by atoms with Crippen LogP contribution in [0, 0.1) is 0 Å². The van der Waals surface area contributed by atoms with E-state index in [1.54, 1.807) is 22.7 Å². The minimum Gasteiger partial charge on any atom is -0.368 e. The molecule has 5 rings (SSSR count). The molecule has 4 aromatic rings. The highest BCUT2D eigenvalue weighted by molar-refractivity contribution is 7.17. The predicted octanol–water partition coefficient (Wildman–Crippen LogP) is 3.35. The number of aromatic nitrogens is 2. The fourth-order valence-electron chi connectivity index (χ4n) is 3.63. The van der Waals surface area contributed by atoms with Gasteiger partial charge in [-0.1, -0.05) is 36.4 Å². The van der Waals surface area contributed by atoms with Crippen LogP contribution in [0.5, 0.6) is 0 Å². The van der Waals surface area contributed by atoms with Crippen molar-refractivity contribution in [3.05, 3.63) is 53.2 Å². The molecule has 0 bridgehead atoms. The van der Waals surface area contributed by atoms with Crippen molar-refractivity contribution in [2.75, 3.05) is 24.5 Å². The highest BCUT2D eigenvalue weighted by atomic mass is 32.1. The van der Waals surface area contributed by atoms with Gasteiger partial charge in [0.2, 0.25) is 5.91 Å². The zero-order chi connectivity index (χ0) is 19.8. The van der Waals surface area contributed by atoms with Crippen molar-refractivity contribution in [1.82, 2.24) is 15.3 Å². The molecular weight excluding hydrogens is 402 g/mol. The van der Waals surface area contributed by atoms with Gasteiger partial charge >= 0.3 is 0 Å². The van der Waals surface area contributed by atoms with Crippen LogP contribution in [0.15, 0.2) is 53.2 Å². The summed E-state index contributed by atoms with van der Waals surface area (Å²) in [5.41, 5.74) is 7.82. The van der Waals surface area contributed by atoms with E-state index in [-0.39, 0.29) is 5.91 Å². The quantitative estimate of drug-likeness (QED) is 0.528. The molecule has 1 saturated heterocycles. The van der Waals surface area contributed by atoms with E-state index < -0.39 is 6.04 Å². The van der Waals surface area contributed by atoms with Crippen molar-refractivity contribution in [1.29, 1.82) is 0 Å². The molecule has 0 saturated carbocycles. The van der Waals surface area contributed by atoms with Gasteiger partial charge in [0.05, 0.1) is 10.3 Å². The molecule has 1 aliphatic rings. The number of benzene rings is 1. The summed E-state index contributed by atoms with van der Waals surface area (Å²) in [4.78, 5) is 25.8. The normalized spacial score (nSPS) is 17.0. The summed E-state index contributed by atoms with van der Waals surface area (Å²) in [6, 6.07) is 13.9. The number of fused-ring (bicyclic) bond motifs is 1. The third kappa shape index (κ3) is 3.39. The van der Waals surface area contributed by atoms with Gasteiger partial charge in [-0.2, -0.15) is 0 Å². The molecule has 1 aliphatic heterocycles. The number of anilines is 1. The third-order valence-corrected chi connectivity index (χ3v) is 6.80. The maximum atomic E-state index is 11.8. The number of hydrogen-bond acceptors (Lipinski definition) is 7. The van der Waals surface area contributed by atoms with Gasteiger partial charge in [0.15, 0.2) is 5.82 Å². The number of primary amides is 1. The summed E-state index contributed by atoms with van der Waals surface area (Å²) in [7, 11) is 0. The van der Waals surface area contributed by atoms with Crippen LogP contribution in [0.2, 0.25) is 0 Å². The first-order valence-electron chi connectivity index (χ1n) is 9.37. The lowest BCUT2D eigenvalue weighted by Gasteiger charge is -2.33. The first-order valence-corrected chi connectivity index (χ1v) is 11.1. The van der Waals surface area contributed by atoms with Crippen LogP contribution >= 0.6 is 22.7 Å². The standard InChI is InChI=1S/C21H19N5OS2/c22-18(27)15-11-26(9-8-23-15)20-17-14(13-5-2-1-3-6-13)12-29-21(17)25-19(24-20)16-7-4-10-28-16/h1-7,10,12,15,23H,8-9,11H2,(H2,22,27). The van der Waals surface area contributed by atoms with Crippen molar-refractivity contribution in [3.8, 4) is 21.8 Å². The van der Waals surface area contributed by atoms with Gasteiger partial charge in [0, 0.05) is 30.6 Å². The second-order valence-electron chi connectivity index (χ2n) is 6.90. The second kappa shape index (κ2) is 7.55. The average Bonchev–Trinajstić information content (AvgIpc) is 3.44. The SMILES string of the molecule is NC(=O)C1CN(c2nc(-c3cccs3)nc3scc(-c4ccccc4)c23)CCN1. The van der Waals surface area contributed by atoms with Gasteiger partial charge in [0.1, 0.15) is 16.7 Å². The number of piperazine rings is 1. The van der Waals surface area contributed by atoms with Crippen molar-refractivity contribution >= 4 is 44.6 Å². The molecule has 1 amide bonds. The zero-order valence-electron chi connectivity index (χ0n) is 15.5. The van der Waals surface area contributed by atoms with Crippen LogP contribution in [0.3, 0.4) is 0 Å². The first-order chi connectivity index (χ1) is 14.2. The summed E-state index contributed by atoms with van der Waals surface area (Å²) in [6.45, 7) is 1.93. The van der Waals surface area contributed by atoms with Crippen molar-refractivity contribution in [3.63, 3.8) is 0 Å². The summed E-state index contributed by atoms with van der Waals surface area (Å²) in [6.07, 6.45) is 0. The molecule has 4 heterocycles. The number of carbonyl (C=O) groups excluding carboxylic acids is 1. The molecule has 0 aliphatic carbocycles. The Hall–Kier alpha value is -2.81. The molecule has 1 fully saturated rings. The summed E-state index contributed by atoms with van der Waals surface area (Å²) >= 11 is 3.25. The molecule has 146 valence electrons. The lowest BCUT2D eigenvalue weighted by atomic mass is 10.1. The minimum atomic E-state index is -0.391. The van der Waals surface area contributed by atoms with E-state index >= 15 is 0 Å². The van der Waals surface area contributed by atoms with Gasteiger partial charge in [-0.3, -0.25) is 4.79 Å². The van der Waals surface area contributed by atoms with Crippen LogP contribution < -0.4 is 16.0 Å². The van der Waals surface area contributed by atoms with Crippen molar-refractivity contribution in [2.24, 2.45) is 5.73 Å². The summed E-state index contributed by atoms with van der Waals surface area (Å²) in [5.74, 6) is 1.25. The molecule has 1 atom stereocenters. The lowest BCUT2D eigenvalue weighted by molar-refractivity contribution is -0.120. The lowest BCUT2D eigenvalue weighted by Crippen LogP contribution is -2.56. The van der Waals surface area contributed by atoms with Gasteiger partial charge in [-0.25, -0.2) is 9.97 Å². The molecule has 1 unspecified atom stereocenters. The van der Waals surface area contributed by atoms with Crippen LogP contribution in [0.1, 0.15) is 0 Å². The zero-order valence-corrected chi connectivity index (χ0v) is 17.2. The van der Waals surface area contributed by atoms with E-state index in [1.165, 1.54) is 0 Å². The maximum absolute atomic E-state index is 11.8. The van der Waals surface area contributed by atoms with Gasteiger partial charge < -0.3 is 16.0 Å². The molecule has 8 heteroatoms. The minimum absolute atomic E-state index is 0.341. The van der Waals surface area contributed by atoms with E-state index in [0.29, 0.717) is 13.1 Å². The molecular formula is C21H19N5OS2. The number of amides is 1. The fraction of sp³-hybridized carbons (Fsp3) is 0.190. The Balaban J connectivity index is 1.70. The third-order valence-electron chi connectivity index (χ3n) is 5.06. The highest BCUT2D eigenvalue weighted by Gasteiger charge is 2.27. The van der Waals surface area contributed by atoms with Gasteiger partial charge in [-0.05, 0) is 17.0 Å². The molecule has 3 N–H and O–H groups in total. The fourth-order valence-corrected chi connectivity index (χ4v) is 5.23. The Morgan fingerprint density at radius 2 is 2.00 bits per heavy atom. The van der Waals surface area contributed by atoms with E-state index in [9.17, 15) is 4.79 Å². The Kier molecular flexibility index (Phi) is 4.75. The number of hydrogen-bond donors (Lipinski definition) is 2. The summed E-state index contributed by atoms with van der Waals surface area (Å²) < 4.78 is 0. The van der Waals surface area contributed by atoms with Gasteiger partial charge in [0.25, 0.3) is 0 Å². The topological polar surface area (TPSA) is 84.1 Å². The Morgan fingerprint density at radius 1 is 1.14 bits per heavy atom. The van der Waals surface area contributed by atoms with Crippen LogP contribution in [0.25, 0.3) is 32.0 Å². The summed E-state index contributed by atoms with van der Waals surface area (Å²) in [5, 5.41) is 8.40. The number of nitrogens with zero attached hydrogens (tertiary/aromatic N) is 3. The van der Waals surface area contributed by atoms with Gasteiger partial charge in [-0.15, -0.1) is 22.7 Å². The molecule has 6 nitrogen and oxygen atoms in total. The number of nitrogens with two attached hydrogens (primary N) is 1. The Labute approximate surface area is 176 Å². The molecule has 29 heavy (non-hydrogen) atoms. The highest BCUT2D eigenvalue weighted by Crippen LogP contribution is 2.40. The molecule has 1 aromatic carbocycles. The monoisotopic (exact) mass is 421 g/mol. The van der Waals surface area contributed by atoms with E-state index in [4.69, 9.17) is 15.7 Å². The maximum Gasteiger partial charge on any atom is 0.236 e. The molecule has 3 aromatic heterocycles. The largest absolute Gasteiger partial charge is 0.368 e. The number of rotatable bonds is 4. The number of nitrogens with one attached hydrogen (secondary N) is 1. The smallest absolute Gasteiger partial charge is 0.236 e. The van der Waals surface area contributed by atoms with E-state index in [1.807, 2.05) is 35.7 Å². The first kappa shape index (κ1) is 18.2. The van der Waals surface area contributed by atoms with Crippen LogP contribution in [-0.2, 0) is 4.79 Å². The molecule has 0 spiro atoms. The van der Waals surface area contributed by atoms with E-state index in [0.717, 1.165) is 44.4 Å². The van der Waals surface area contributed by atoms with E-state index in [2.05, 4.69) is 27.7 Å². The van der Waals surface area contributed by atoms with Crippen molar-refractivity contribution < 1.29 is 4.79 Å². The Morgan fingerprint density at radius 3 is 2.76 bits per heavy atom. The number of carbonyl (C=O) groups is 1. The van der Waals surface area contributed by atoms with Crippen LogP contribution in [0.4, 0.5) is 5.82 Å².